The van der Waals surface area contributed by atoms with E-state index in [1.54, 1.807) is 22.0 Å². The first-order valence-corrected chi connectivity index (χ1v) is 7.87. The fourth-order valence-corrected chi connectivity index (χ4v) is 3.03. The maximum Gasteiger partial charge on any atom is 0.309 e. The van der Waals surface area contributed by atoms with Crippen molar-refractivity contribution in [2.75, 3.05) is 32.9 Å². The molecule has 0 unspecified atom stereocenters. The zero-order valence-electron chi connectivity index (χ0n) is 12.9. The van der Waals surface area contributed by atoms with Crippen molar-refractivity contribution in [3.63, 3.8) is 0 Å². The van der Waals surface area contributed by atoms with Gasteiger partial charge in [0, 0.05) is 31.5 Å². The number of rotatable bonds is 4. The van der Waals surface area contributed by atoms with E-state index in [0.29, 0.717) is 44.9 Å². The third-order valence-electron chi connectivity index (χ3n) is 4.28. The molecule has 3 rings (SSSR count). The lowest BCUT2D eigenvalue weighted by Crippen LogP contribution is -2.42. The summed E-state index contributed by atoms with van der Waals surface area (Å²) in [5.41, 5.74) is 0.715. The first-order valence-electron chi connectivity index (χ1n) is 7.87. The summed E-state index contributed by atoms with van der Waals surface area (Å²) in [5, 5.41) is 13.5. The molecule has 0 spiro atoms. The molecule has 1 amide bonds. The number of carboxylic acids is 1. The van der Waals surface area contributed by atoms with Crippen molar-refractivity contribution in [2.45, 2.75) is 25.5 Å². The highest BCUT2D eigenvalue weighted by Gasteiger charge is 2.34. The van der Waals surface area contributed by atoms with Crippen LogP contribution in [0, 0.1) is 5.92 Å². The highest BCUT2D eigenvalue weighted by atomic mass is 16.5. The lowest BCUT2D eigenvalue weighted by molar-refractivity contribution is -0.152. The van der Waals surface area contributed by atoms with Crippen molar-refractivity contribution in [1.82, 2.24) is 14.7 Å². The van der Waals surface area contributed by atoms with Crippen LogP contribution in [0.3, 0.4) is 0 Å². The molecule has 8 heteroatoms. The number of ether oxygens (including phenoxy) is 2. The first-order chi connectivity index (χ1) is 11.1. The normalized spacial score (nSPS) is 25.3. The first kappa shape index (κ1) is 15.9. The quantitative estimate of drug-likeness (QED) is 0.856. The van der Waals surface area contributed by atoms with Gasteiger partial charge in [-0.2, -0.15) is 5.10 Å². The maximum atomic E-state index is 12.2. The van der Waals surface area contributed by atoms with Crippen molar-refractivity contribution in [3.05, 3.63) is 18.0 Å². The number of hydrogen-bond donors (Lipinski definition) is 1. The molecule has 0 radical (unpaired) electrons. The van der Waals surface area contributed by atoms with E-state index in [4.69, 9.17) is 9.47 Å². The minimum atomic E-state index is -0.855. The van der Waals surface area contributed by atoms with E-state index >= 15 is 0 Å². The number of nitrogens with zero attached hydrogens (tertiary/aromatic N) is 3. The Hall–Kier alpha value is -1.93. The molecule has 0 aliphatic carbocycles. The summed E-state index contributed by atoms with van der Waals surface area (Å²) >= 11 is 0. The van der Waals surface area contributed by atoms with Crippen molar-refractivity contribution in [2.24, 2.45) is 5.92 Å². The summed E-state index contributed by atoms with van der Waals surface area (Å²) < 4.78 is 12.4. The average molecular weight is 323 g/mol. The van der Waals surface area contributed by atoms with E-state index in [0.717, 1.165) is 6.42 Å². The largest absolute Gasteiger partial charge is 0.481 e. The van der Waals surface area contributed by atoms with Crippen molar-refractivity contribution >= 4 is 11.9 Å². The summed E-state index contributed by atoms with van der Waals surface area (Å²) in [6.45, 7) is 3.01. The third-order valence-corrected chi connectivity index (χ3v) is 4.28. The molecule has 23 heavy (non-hydrogen) atoms. The van der Waals surface area contributed by atoms with E-state index < -0.39 is 18.0 Å². The second-order valence-electron chi connectivity index (χ2n) is 5.84. The van der Waals surface area contributed by atoms with E-state index in [-0.39, 0.29) is 12.5 Å². The zero-order chi connectivity index (χ0) is 16.2. The molecule has 0 aromatic carbocycles. The van der Waals surface area contributed by atoms with E-state index in [2.05, 4.69) is 5.10 Å². The molecule has 3 heterocycles. The Morgan fingerprint density at radius 2 is 2.09 bits per heavy atom. The Balaban J connectivity index is 1.65. The van der Waals surface area contributed by atoms with E-state index in [9.17, 15) is 14.7 Å². The Bertz CT molecular complexity index is 567. The van der Waals surface area contributed by atoms with Crippen LogP contribution in [0.4, 0.5) is 0 Å². The fraction of sp³-hybridized carbons (Fsp3) is 0.667. The smallest absolute Gasteiger partial charge is 0.309 e. The second kappa shape index (κ2) is 7.10. The molecule has 2 atom stereocenters. The molecule has 1 aromatic heterocycles. The van der Waals surface area contributed by atoms with Crippen LogP contribution in [0.15, 0.2) is 12.4 Å². The van der Waals surface area contributed by atoms with Crippen LogP contribution in [0.2, 0.25) is 0 Å². The maximum absolute atomic E-state index is 12.2. The molecular weight excluding hydrogens is 302 g/mol. The number of aliphatic carboxylic acids is 1. The van der Waals surface area contributed by atoms with Crippen molar-refractivity contribution < 1.29 is 24.2 Å². The molecule has 8 nitrogen and oxygen atoms in total. The van der Waals surface area contributed by atoms with Gasteiger partial charge in [-0.15, -0.1) is 0 Å². The van der Waals surface area contributed by atoms with Gasteiger partial charge in [-0.05, 0) is 12.8 Å². The highest BCUT2D eigenvalue weighted by molar-refractivity contribution is 5.76. The van der Waals surface area contributed by atoms with E-state index in [1.807, 2.05) is 0 Å². The number of hydrogen-bond acceptors (Lipinski definition) is 5. The summed E-state index contributed by atoms with van der Waals surface area (Å²) in [6, 6.07) is 0. The molecular formula is C15H21N3O5. The molecule has 2 aliphatic heterocycles. The van der Waals surface area contributed by atoms with E-state index in [1.165, 1.54) is 0 Å². The number of morpholine rings is 1. The number of amides is 1. The van der Waals surface area contributed by atoms with Gasteiger partial charge < -0.3 is 19.5 Å². The Labute approximate surface area is 134 Å². The van der Waals surface area contributed by atoms with Gasteiger partial charge in [-0.3, -0.25) is 14.3 Å². The zero-order valence-corrected chi connectivity index (χ0v) is 12.9. The molecule has 2 aliphatic rings. The van der Waals surface area contributed by atoms with Crippen molar-refractivity contribution in [3.8, 4) is 0 Å². The van der Waals surface area contributed by atoms with Gasteiger partial charge in [0.1, 0.15) is 6.54 Å². The summed E-state index contributed by atoms with van der Waals surface area (Å²) in [5.74, 6) is -1.43. The Morgan fingerprint density at radius 1 is 1.30 bits per heavy atom. The summed E-state index contributed by atoms with van der Waals surface area (Å²) in [6.07, 6.45) is 4.16. The minimum absolute atomic E-state index is 0.0118. The SMILES string of the molecule is O=C(O)[C@@H]1CCCO[C@H]1c1cnn(CC(=O)N2CCOCC2)c1. The molecule has 2 saturated heterocycles. The topological polar surface area (TPSA) is 93.9 Å². The molecule has 1 aromatic rings. The number of aromatic nitrogens is 2. The van der Waals surface area contributed by atoms with Gasteiger partial charge in [0.05, 0.1) is 31.4 Å². The number of carboxylic acid groups (broad SMARTS) is 1. The molecule has 0 saturated carbocycles. The van der Waals surface area contributed by atoms with Gasteiger partial charge in [0.25, 0.3) is 0 Å². The predicted molar refractivity (Wildman–Crippen MR) is 78.7 cm³/mol. The number of carbonyl (C=O) groups is 2. The van der Waals surface area contributed by atoms with Crippen LogP contribution in [0.25, 0.3) is 0 Å². The number of carbonyl (C=O) groups excluding carboxylic acids is 1. The van der Waals surface area contributed by atoms with Crippen molar-refractivity contribution in [1.29, 1.82) is 0 Å². The Morgan fingerprint density at radius 3 is 2.83 bits per heavy atom. The highest BCUT2D eigenvalue weighted by Crippen LogP contribution is 2.33. The average Bonchev–Trinajstić information content (AvgIpc) is 3.04. The molecule has 2 fully saturated rings. The van der Waals surface area contributed by atoms with Gasteiger partial charge in [0.15, 0.2) is 0 Å². The van der Waals surface area contributed by atoms with Gasteiger partial charge >= 0.3 is 5.97 Å². The Kier molecular flexibility index (Phi) is 4.92. The minimum Gasteiger partial charge on any atom is -0.481 e. The summed E-state index contributed by atoms with van der Waals surface area (Å²) in [4.78, 5) is 25.3. The second-order valence-corrected chi connectivity index (χ2v) is 5.84. The van der Waals surface area contributed by atoms with Crippen LogP contribution in [-0.4, -0.2) is 64.6 Å². The standard InChI is InChI=1S/C15H21N3O5/c19-13(17-3-6-22-7-4-17)10-18-9-11(8-16-18)14-12(15(20)21)2-1-5-23-14/h8-9,12,14H,1-7,10H2,(H,20,21)/t12-,14+/m1/s1. The summed E-state index contributed by atoms with van der Waals surface area (Å²) in [7, 11) is 0. The van der Waals surface area contributed by atoms with Crippen LogP contribution < -0.4 is 0 Å². The monoisotopic (exact) mass is 323 g/mol. The van der Waals surface area contributed by atoms with Crippen LogP contribution in [0.5, 0.6) is 0 Å². The fourth-order valence-electron chi connectivity index (χ4n) is 3.03. The molecule has 0 bridgehead atoms. The lowest BCUT2D eigenvalue weighted by atomic mass is 9.91. The lowest BCUT2D eigenvalue weighted by Gasteiger charge is -2.28. The predicted octanol–water partition coefficient (Wildman–Crippen LogP) is 0.294. The van der Waals surface area contributed by atoms with Crippen LogP contribution in [-0.2, 0) is 25.6 Å². The molecule has 126 valence electrons. The van der Waals surface area contributed by atoms with Crippen LogP contribution in [0.1, 0.15) is 24.5 Å². The van der Waals surface area contributed by atoms with Crippen LogP contribution >= 0.6 is 0 Å². The van der Waals surface area contributed by atoms with Gasteiger partial charge in [-0.25, -0.2) is 0 Å². The van der Waals surface area contributed by atoms with Gasteiger partial charge in [-0.1, -0.05) is 0 Å². The third kappa shape index (κ3) is 3.70. The van der Waals surface area contributed by atoms with Gasteiger partial charge in [0.2, 0.25) is 5.91 Å². The molecule has 1 N–H and O–H groups in total.